The van der Waals surface area contributed by atoms with Crippen molar-refractivity contribution in [1.82, 2.24) is 0 Å². The zero-order valence-electron chi connectivity index (χ0n) is 41.8. The number of anilines is 6. The Kier molecular flexibility index (Phi) is 10.0. The van der Waals surface area contributed by atoms with Crippen LogP contribution in [0.2, 0.25) is 0 Å². The Hall–Kier alpha value is -9.76. The van der Waals surface area contributed by atoms with E-state index in [2.05, 4.69) is 313 Å². The lowest BCUT2D eigenvalue weighted by Gasteiger charge is -2.45. The summed E-state index contributed by atoms with van der Waals surface area (Å²) in [7, 11) is 0. The van der Waals surface area contributed by atoms with E-state index in [1.807, 2.05) is 0 Å². The lowest BCUT2D eigenvalue weighted by Crippen LogP contribution is -2.36. The molecule has 356 valence electrons. The Labute approximate surface area is 444 Å². The summed E-state index contributed by atoms with van der Waals surface area (Å²) in [5.74, 6) is 0. The maximum absolute atomic E-state index is 2.58. The molecule has 2 aliphatic carbocycles. The number of benzene rings is 12. The summed E-state index contributed by atoms with van der Waals surface area (Å²) >= 11 is 0. The lowest BCUT2D eigenvalue weighted by atomic mass is 9.64. The molecule has 0 aromatic heterocycles. The molecular weight excluding hydrogens is 917 g/mol. The first-order valence-electron chi connectivity index (χ1n) is 26.4. The van der Waals surface area contributed by atoms with Crippen LogP contribution in [0.1, 0.15) is 44.5 Å². The van der Waals surface area contributed by atoms with Crippen molar-refractivity contribution in [2.45, 2.75) is 10.8 Å². The SMILES string of the molecule is c1ccc(-c2cc(-c3ccccc3)cc(N(c3ccc4c(c3)C(c3ccccc3)(c3ccccc3)c3ccccc3-4)c3cccc4c3-c3ccccc3C43c4ccccc4N(c4ccccc4)c4ccccc43)c2)cc1. The van der Waals surface area contributed by atoms with Gasteiger partial charge in [-0.15, -0.1) is 0 Å². The fourth-order valence-electron chi connectivity index (χ4n) is 13.5. The molecule has 0 bridgehead atoms. The van der Waals surface area contributed by atoms with Crippen molar-refractivity contribution in [2.24, 2.45) is 0 Å². The molecular formula is C74H50N2. The number of hydrogen-bond donors (Lipinski definition) is 0. The van der Waals surface area contributed by atoms with E-state index in [1.54, 1.807) is 0 Å². The lowest BCUT2D eigenvalue weighted by molar-refractivity contribution is 0.752. The molecule has 12 aromatic carbocycles. The normalized spacial score (nSPS) is 13.7. The van der Waals surface area contributed by atoms with Crippen LogP contribution in [0.25, 0.3) is 44.5 Å². The molecule has 1 aliphatic heterocycles. The van der Waals surface area contributed by atoms with E-state index in [1.165, 1.54) is 89.3 Å². The molecule has 0 radical (unpaired) electrons. The fraction of sp³-hybridized carbons (Fsp3) is 0.0270. The highest BCUT2D eigenvalue weighted by Gasteiger charge is 2.53. The van der Waals surface area contributed by atoms with Gasteiger partial charge in [-0.1, -0.05) is 243 Å². The predicted octanol–water partition coefficient (Wildman–Crippen LogP) is 19.0. The van der Waals surface area contributed by atoms with Crippen LogP contribution in [-0.2, 0) is 10.8 Å². The zero-order chi connectivity index (χ0) is 50.2. The maximum Gasteiger partial charge on any atom is 0.0755 e. The van der Waals surface area contributed by atoms with Crippen LogP contribution in [0.5, 0.6) is 0 Å². The highest BCUT2D eigenvalue weighted by Crippen LogP contribution is 2.66. The first kappa shape index (κ1) is 43.8. The Morgan fingerprint density at radius 3 is 1.29 bits per heavy atom. The van der Waals surface area contributed by atoms with Crippen LogP contribution in [0.3, 0.4) is 0 Å². The molecule has 0 amide bonds. The average molecular weight is 967 g/mol. The minimum Gasteiger partial charge on any atom is -0.310 e. The van der Waals surface area contributed by atoms with E-state index in [9.17, 15) is 0 Å². The van der Waals surface area contributed by atoms with Gasteiger partial charge < -0.3 is 9.80 Å². The average Bonchev–Trinajstić information content (AvgIpc) is 4.19. The van der Waals surface area contributed by atoms with Crippen LogP contribution in [0.15, 0.2) is 303 Å². The minimum atomic E-state index is -0.636. The Morgan fingerprint density at radius 2 is 0.711 bits per heavy atom. The van der Waals surface area contributed by atoms with Gasteiger partial charge in [0.2, 0.25) is 0 Å². The van der Waals surface area contributed by atoms with Gasteiger partial charge in [0.05, 0.1) is 27.9 Å². The van der Waals surface area contributed by atoms with Gasteiger partial charge >= 0.3 is 0 Å². The third-order valence-corrected chi connectivity index (χ3v) is 16.5. The molecule has 12 aromatic rings. The van der Waals surface area contributed by atoms with Gasteiger partial charge in [-0.3, -0.25) is 0 Å². The van der Waals surface area contributed by atoms with Gasteiger partial charge in [0.1, 0.15) is 0 Å². The van der Waals surface area contributed by atoms with Gasteiger partial charge in [0, 0.05) is 22.6 Å². The first-order valence-corrected chi connectivity index (χ1v) is 26.4. The summed E-state index contributed by atoms with van der Waals surface area (Å²) in [6.07, 6.45) is 0. The number of fused-ring (bicyclic) bond motifs is 12. The predicted molar refractivity (Wildman–Crippen MR) is 315 cm³/mol. The zero-order valence-corrected chi connectivity index (χ0v) is 41.8. The molecule has 0 saturated carbocycles. The highest BCUT2D eigenvalue weighted by molar-refractivity contribution is 6.02. The van der Waals surface area contributed by atoms with Gasteiger partial charge in [0.25, 0.3) is 0 Å². The van der Waals surface area contributed by atoms with Gasteiger partial charge in [-0.2, -0.15) is 0 Å². The second kappa shape index (κ2) is 17.4. The smallest absolute Gasteiger partial charge is 0.0755 e. The number of hydrogen-bond acceptors (Lipinski definition) is 2. The van der Waals surface area contributed by atoms with Crippen LogP contribution in [0.4, 0.5) is 34.1 Å². The van der Waals surface area contributed by atoms with Crippen molar-refractivity contribution in [1.29, 1.82) is 0 Å². The number of nitrogens with zero attached hydrogens (tertiary/aromatic N) is 2. The van der Waals surface area contributed by atoms with Crippen LogP contribution < -0.4 is 9.80 Å². The van der Waals surface area contributed by atoms with Gasteiger partial charge in [0.15, 0.2) is 0 Å². The molecule has 0 atom stereocenters. The fourth-order valence-corrected chi connectivity index (χ4v) is 13.5. The summed E-state index contributed by atoms with van der Waals surface area (Å²) < 4.78 is 0. The molecule has 2 heteroatoms. The molecule has 0 unspecified atom stereocenters. The molecule has 0 fully saturated rings. The monoisotopic (exact) mass is 966 g/mol. The number of para-hydroxylation sites is 3. The topological polar surface area (TPSA) is 6.48 Å². The van der Waals surface area contributed by atoms with Crippen LogP contribution >= 0.6 is 0 Å². The van der Waals surface area contributed by atoms with E-state index in [0.717, 1.165) is 33.9 Å². The molecule has 1 spiro atoms. The van der Waals surface area contributed by atoms with Crippen molar-refractivity contribution >= 4 is 34.1 Å². The summed E-state index contributed by atoms with van der Waals surface area (Å²) in [6, 6.07) is 113. The third kappa shape index (κ3) is 6.34. The molecule has 0 saturated heterocycles. The minimum absolute atomic E-state index is 0.591. The Balaban J connectivity index is 1.05. The molecule has 1 heterocycles. The quantitative estimate of drug-likeness (QED) is 0.150. The molecule has 0 N–H and O–H groups in total. The largest absolute Gasteiger partial charge is 0.310 e. The maximum atomic E-state index is 2.58. The highest BCUT2D eigenvalue weighted by atomic mass is 15.2. The molecule has 76 heavy (non-hydrogen) atoms. The van der Waals surface area contributed by atoms with E-state index >= 15 is 0 Å². The van der Waals surface area contributed by atoms with Crippen LogP contribution in [-0.4, -0.2) is 0 Å². The summed E-state index contributed by atoms with van der Waals surface area (Å²) in [5, 5.41) is 0. The molecule has 3 aliphatic rings. The molecule has 2 nitrogen and oxygen atoms in total. The first-order chi connectivity index (χ1) is 37.7. The summed E-state index contributed by atoms with van der Waals surface area (Å²) in [6.45, 7) is 0. The summed E-state index contributed by atoms with van der Waals surface area (Å²) in [4.78, 5) is 5.04. The van der Waals surface area contributed by atoms with E-state index < -0.39 is 10.8 Å². The van der Waals surface area contributed by atoms with Gasteiger partial charge in [-0.05, 0) is 144 Å². The van der Waals surface area contributed by atoms with Crippen molar-refractivity contribution in [3.63, 3.8) is 0 Å². The summed E-state index contributed by atoms with van der Waals surface area (Å²) in [5.41, 5.74) is 25.2. The van der Waals surface area contributed by atoms with Crippen LogP contribution in [0, 0.1) is 0 Å². The van der Waals surface area contributed by atoms with Crippen molar-refractivity contribution in [2.75, 3.05) is 9.80 Å². The van der Waals surface area contributed by atoms with Gasteiger partial charge in [-0.25, -0.2) is 0 Å². The third-order valence-electron chi connectivity index (χ3n) is 16.5. The second-order valence-corrected chi connectivity index (χ2v) is 20.3. The Morgan fingerprint density at radius 1 is 0.263 bits per heavy atom. The molecule has 15 rings (SSSR count). The van der Waals surface area contributed by atoms with Crippen molar-refractivity contribution in [3.05, 3.63) is 348 Å². The van der Waals surface area contributed by atoms with Crippen molar-refractivity contribution in [3.8, 4) is 44.5 Å². The number of rotatable bonds is 8. The van der Waals surface area contributed by atoms with E-state index in [4.69, 9.17) is 0 Å². The second-order valence-electron chi connectivity index (χ2n) is 20.3. The van der Waals surface area contributed by atoms with E-state index in [0.29, 0.717) is 0 Å². The van der Waals surface area contributed by atoms with Crippen molar-refractivity contribution < 1.29 is 0 Å². The van der Waals surface area contributed by atoms with E-state index in [-0.39, 0.29) is 0 Å². The Bertz CT molecular complexity index is 4020. The standard InChI is InChI=1S/C74H50N2/c1-6-25-51(26-7-1)53-47-54(52-27-8-2-9-28-52)49-59(48-53)75(58-45-46-61-60-35-16-18-37-63(60)73(68(61)50-58,55-29-10-3-11-30-55)56-31-12-4-13-32-56)71-44-24-41-67-72(71)62-36-17-19-38-64(62)74(67)65-39-20-22-42-69(65)76(57-33-14-5-15-34-57)70-43-23-21-40-66(70)74/h1-50H.